The SMILES string of the molecule is CCCOc1ccc2c(C(=O)NC3(c4ccccc4)CC3)c(CCCC3CCCC(NCCO)CC3)c(-c3cccc(C(F)(F)F)c3)nc2c1. The minimum atomic E-state index is -4.52. The van der Waals surface area contributed by atoms with Gasteiger partial charge in [0.05, 0.1) is 41.1 Å². The molecule has 2 aliphatic carbocycles. The van der Waals surface area contributed by atoms with Crippen molar-refractivity contribution in [1.29, 1.82) is 0 Å². The number of nitrogens with one attached hydrogen (secondary N) is 2. The minimum absolute atomic E-state index is 0.128. The van der Waals surface area contributed by atoms with Crippen molar-refractivity contribution in [3.8, 4) is 17.0 Å². The van der Waals surface area contributed by atoms with E-state index in [0.717, 1.165) is 81.9 Å². The molecule has 3 N–H and O–H groups in total. The number of fused-ring (bicyclic) bond motifs is 1. The van der Waals surface area contributed by atoms with Crippen LogP contribution in [0.4, 0.5) is 13.2 Å². The van der Waals surface area contributed by atoms with Gasteiger partial charge in [-0.15, -0.1) is 0 Å². The molecule has 50 heavy (non-hydrogen) atoms. The number of hydrogen-bond acceptors (Lipinski definition) is 5. The molecule has 9 heteroatoms. The van der Waals surface area contributed by atoms with Crippen LogP contribution >= 0.6 is 0 Å². The third-order valence-corrected chi connectivity index (χ3v) is 10.3. The Morgan fingerprint density at radius 2 is 1.82 bits per heavy atom. The molecular weight excluding hydrogens is 639 g/mol. The molecule has 6 rings (SSSR count). The summed E-state index contributed by atoms with van der Waals surface area (Å²) in [5, 5.41) is 16.7. The number of ether oxygens (including phenoxy) is 1. The van der Waals surface area contributed by atoms with E-state index in [1.165, 1.54) is 6.07 Å². The first kappa shape index (κ1) is 35.9. The average Bonchev–Trinajstić information content (AvgIpc) is 3.94. The molecular formula is C41H48F3N3O3. The number of carbonyl (C=O) groups excluding carboxylic acids is 1. The number of nitrogens with zero attached hydrogens (tertiary/aromatic N) is 1. The lowest BCUT2D eigenvalue weighted by Gasteiger charge is -2.23. The van der Waals surface area contributed by atoms with Gasteiger partial charge in [-0.3, -0.25) is 4.79 Å². The number of aromatic nitrogens is 1. The van der Waals surface area contributed by atoms with Crippen LogP contribution in [0, 0.1) is 5.92 Å². The first-order valence-electron chi connectivity index (χ1n) is 18.2. The minimum Gasteiger partial charge on any atom is -0.494 e. The van der Waals surface area contributed by atoms with Gasteiger partial charge in [-0.1, -0.05) is 68.7 Å². The summed E-state index contributed by atoms with van der Waals surface area (Å²) in [7, 11) is 0. The Hall–Kier alpha value is -3.95. The second-order valence-corrected chi connectivity index (χ2v) is 14.0. The van der Waals surface area contributed by atoms with Crippen molar-refractivity contribution in [3.63, 3.8) is 0 Å². The number of aliphatic hydroxyl groups excluding tert-OH is 1. The number of hydrogen-bond donors (Lipinski definition) is 3. The number of aliphatic hydroxyl groups is 1. The van der Waals surface area contributed by atoms with E-state index in [1.807, 2.05) is 49.4 Å². The fraction of sp³-hybridized carbons (Fsp3) is 0.463. The van der Waals surface area contributed by atoms with Crippen molar-refractivity contribution in [3.05, 3.63) is 95.1 Å². The van der Waals surface area contributed by atoms with Crippen molar-refractivity contribution < 1.29 is 27.8 Å². The van der Waals surface area contributed by atoms with E-state index in [1.54, 1.807) is 12.1 Å². The van der Waals surface area contributed by atoms with E-state index in [-0.39, 0.29) is 12.5 Å². The van der Waals surface area contributed by atoms with Crippen LogP contribution in [-0.2, 0) is 18.1 Å². The molecule has 0 bridgehead atoms. The molecule has 2 fully saturated rings. The summed E-state index contributed by atoms with van der Waals surface area (Å²) in [4.78, 5) is 19.6. The maximum Gasteiger partial charge on any atom is 0.416 e. The zero-order chi connectivity index (χ0) is 35.1. The maximum absolute atomic E-state index is 14.6. The van der Waals surface area contributed by atoms with Crippen LogP contribution in [-0.4, -0.2) is 41.8 Å². The lowest BCUT2D eigenvalue weighted by atomic mass is 9.88. The molecule has 0 radical (unpaired) electrons. The highest BCUT2D eigenvalue weighted by Crippen LogP contribution is 2.46. The van der Waals surface area contributed by atoms with E-state index in [0.29, 0.717) is 70.6 Å². The van der Waals surface area contributed by atoms with E-state index >= 15 is 0 Å². The van der Waals surface area contributed by atoms with Gasteiger partial charge in [0.2, 0.25) is 0 Å². The normalized spacial score (nSPS) is 18.8. The Balaban J connectivity index is 1.40. The van der Waals surface area contributed by atoms with E-state index < -0.39 is 17.3 Å². The lowest BCUT2D eigenvalue weighted by Crippen LogP contribution is -2.35. The highest BCUT2D eigenvalue weighted by molar-refractivity contribution is 6.09. The topological polar surface area (TPSA) is 83.5 Å². The third-order valence-electron chi connectivity index (χ3n) is 10.3. The number of benzene rings is 3. The summed E-state index contributed by atoms with van der Waals surface area (Å²) >= 11 is 0. The first-order valence-corrected chi connectivity index (χ1v) is 18.2. The molecule has 1 heterocycles. The molecule has 2 unspecified atom stereocenters. The lowest BCUT2D eigenvalue weighted by molar-refractivity contribution is -0.137. The highest BCUT2D eigenvalue weighted by atomic mass is 19.4. The van der Waals surface area contributed by atoms with Gasteiger partial charge >= 0.3 is 6.18 Å². The Morgan fingerprint density at radius 3 is 2.56 bits per heavy atom. The number of pyridine rings is 1. The summed E-state index contributed by atoms with van der Waals surface area (Å²) in [5.74, 6) is 0.880. The van der Waals surface area contributed by atoms with Crippen LogP contribution in [0.3, 0.4) is 0 Å². The molecule has 1 aromatic heterocycles. The fourth-order valence-electron chi connectivity index (χ4n) is 7.53. The van der Waals surface area contributed by atoms with Gasteiger partial charge < -0.3 is 20.5 Å². The molecule has 1 amide bonds. The molecule has 266 valence electrons. The molecule has 0 spiro atoms. The van der Waals surface area contributed by atoms with Crippen molar-refractivity contribution in [2.45, 2.75) is 95.3 Å². The predicted octanol–water partition coefficient (Wildman–Crippen LogP) is 8.98. The smallest absolute Gasteiger partial charge is 0.416 e. The number of halogens is 3. The monoisotopic (exact) mass is 687 g/mol. The fourth-order valence-corrected chi connectivity index (χ4v) is 7.53. The van der Waals surface area contributed by atoms with Crippen LogP contribution in [0.15, 0.2) is 72.8 Å². The van der Waals surface area contributed by atoms with E-state index in [2.05, 4.69) is 10.6 Å². The van der Waals surface area contributed by atoms with Gasteiger partial charge in [-0.05, 0) is 92.7 Å². The number of carbonyl (C=O) groups is 1. The van der Waals surface area contributed by atoms with Gasteiger partial charge in [0.1, 0.15) is 5.75 Å². The Morgan fingerprint density at radius 1 is 1.00 bits per heavy atom. The molecule has 0 saturated heterocycles. The van der Waals surface area contributed by atoms with Crippen molar-refractivity contribution in [2.75, 3.05) is 19.8 Å². The molecule has 2 atom stereocenters. The second kappa shape index (κ2) is 15.9. The predicted molar refractivity (Wildman–Crippen MR) is 191 cm³/mol. The third kappa shape index (κ3) is 8.49. The maximum atomic E-state index is 14.6. The molecule has 4 aromatic rings. The van der Waals surface area contributed by atoms with Crippen LogP contribution in [0.5, 0.6) is 5.75 Å². The van der Waals surface area contributed by atoms with Crippen molar-refractivity contribution in [1.82, 2.24) is 15.6 Å². The summed E-state index contributed by atoms with van der Waals surface area (Å²) in [6.07, 6.45) is 5.59. The van der Waals surface area contributed by atoms with Gasteiger partial charge in [0.15, 0.2) is 0 Å². The summed E-state index contributed by atoms with van der Waals surface area (Å²) in [6, 6.07) is 21.2. The standard InChI is InChI=1S/C41H48F3N3O3/c1-2-25-50-33-19-20-34-36(27-33)46-38(29-11-8-14-31(26-29)41(42,43)44)35(16-7-10-28-9-6-15-32(18-17-28)45-23-24-48)37(34)39(49)47-40(21-22-40)30-12-4-3-5-13-30/h3-5,8,11-14,19-20,26-28,32,45,48H,2,6-7,9-10,15-18,21-25H2,1H3,(H,47,49). The summed E-state index contributed by atoms with van der Waals surface area (Å²) in [6.45, 7) is 3.26. The Kier molecular flexibility index (Phi) is 11.4. The molecule has 2 saturated carbocycles. The van der Waals surface area contributed by atoms with Crippen LogP contribution in [0.2, 0.25) is 0 Å². The number of rotatable bonds is 14. The number of amides is 1. The van der Waals surface area contributed by atoms with Gasteiger partial charge in [-0.25, -0.2) is 4.98 Å². The van der Waals surface area contributed by atoms with Gasteiger partial charge in [0, 0.05) is 29.6 Å². The van der Waals surface area contributed by atoms with Crippen LogP contribution < -0.4 is 15.4 Å². The second-order valence-electron chi connectivity index (χ2n) is 14.0. The first-order chi connectivity index (χ1) is 24.2. The summed E-state index contributed by atoms with van der Waals surface area (Å²) in [5.41, 5.74) is 2.21. The molecule has 0 aliphatic heterocycles. The highest BCUT2D eigenvalue weighted by Gasteiger charge is 2.46. The Labute approximate surface area is 292 Å². The molecule has 2 aliphatic rings. The van der Waals surface area contributed by atoms with Crippen molar-refractivity contribution in [2.24, 2.45) is 5.92 Å². The average molecular weight is 688 g/mol. The van der Waals surface area contributed by atoms with E-state index in [4.69, 9.17) is 9.72 Å². The van der Waals surface area contributed by atoms with Crippen molar-refractivity contribution >= 4 is 16.8 Å². The zero-order valence-electron chi connectivity index (χ0n) is 28.8. The zero-order valence-corrected chi connectivity index (χ0v) is 28.8. The molecule has 6 nitrogen and oxygen atoms in total. The number of alkyl halides is 3. The largest absolute Gasteiger partial charge is 0.494 e. The van der Waals surface area contributed by atoms with Crippen LogP contribution in [0.25, 0.3) is 22.2 Å². The Bertz CT molecular complexity index is 1760. The summed E-state index contributed by atoms with van der Waals surface area (Å²) < 4.78 is 47.9. The molecule has 3 aromatic carbocycles. The quantitative estimate of drug-likeness (QED) is 0.115. The van der Waals surface area contributed by atoms with Crippen LogP contribution in [0.1, 0.15) is 98.2 Å². The van der Waals surface area contributed by atoms with Gasteiger partial charge in [0.25, 0.3) is 5.91 Å². The van der Waals surface area contributed by atoms with Gasteiger partial charge in [-0.2, -0.15) is 13.2 Å². The van der Waals surface area contributed by atoms with E-state index in [9.17, 15) is 23.1 Å².